The third kappa shape index (κ3) is 2.20. The van der Waals surface area contributed by atoms with Crippen molar-refractivity contribution >= 4 is 22.7 Å². The predicted octanol–water partition coefficient (Wildman–Crippen LogP) is 3.93. The molecule has 0 amide bonds. The predicted molar refractivity (Wildman–Crippen MR) is 81.8 cm³/mol. The molecule has 1 aromatic heterocycles. The van der Waals surface area contributed by atoms with Gasteiger partial charge in [0.25, 0.3) is 0 Å². The normalized spacial score (nSPS) is 10.8. The summed E-state index contributed by atoms with van der Waals surface area (Å²) >= 11 is 0. The average Bonchev–Trinajstić information content (AvgIpc) is 2.80. The fraction of sp³-hybridized carbons (Fsp3) is 0.188. The zero-order valence-corrected chi connectivity index (χ0v) is 11.8. The number of benzene rings is 2. The molecule has 0 unspecified atom stereocenters. The third-order valence-electron chi connectivity index (χ3n) is 3.32. The molecule has 0 radical (unpaired) electrons. The summed E-state index contributed by atoms with van der Waals surface area (Å²) in [5.74, 6) is 1.68. The molecule has 0 spiro atoms. The van der Waals surface area contributed by atoms with E-state index in [1.165, 1.54) is 0 Å². The number of nitrogens with one attached hydrogen (secondary N) is 2. The number of hydrogen-bond acceptors (Lipinski definition) is 3. The standard InChI is InChI=1S/C16H17N3O/c1-10-8-12(9-11(2)15(10)20-3)17-16-18-13-6-4-5-7-14(13)19-16/h4-9H,1-3H3,(H2,17,18,19). The van der Waals surface area contributed by atoms with Gasteiger partial charge in [-0.2, -0.15) is 0 Å². The van der Waals surface area contributed by atoms with Gasteiger partial charge in [-0.05, 0) is 49.2 Å². The van der Waals surface area contributed by atoms with Gasteiger partial charge in [-0.25, -0.2) is 4.98 Å². The van der Waals surface area contributed by atoms with E-state index in [9.17, 15) is 0 Å². The molecule has 0 saturated carbocycles. The SMILES string of the molecule is COc1c(C)cc(Nc2nc3ccccc3[nH]2)cc1C. The number of aromatic nitrogens is 2. The van der Waals surface area contributed by atoms with Crippen molar-refractivity contribution in [2.24, 2.45) is 0 Å². The van der Waals surface area contributed by atoms with Gasteiger partial charge in [-0.1, -0.05) is 12.1 Å². The zero-order chi connectivity index (χ0) is 14.1. The van der Waals surface area contributed by atoms with E-state index in [4.69, 9.17) is 4.74 Å². The van der Waals surface area contributed by atoms with E-state index in [-0.39, 0.29) is 0 Å². The monoisotopic (exact) mass is 267 g/mol. The van der Waals surface area contributed by atoms with Crippen LogP contribution in [0.3, 0.4) is 0 Å². The number of nitrogens with zero attached hydrogens (tertiary/aromatic N) is 1. The minimum Gasteiger partial charge on any atom is -0.496 e. The summed E-state index contributed by atoms with van der Waals surface area (Å²) in [7, 11) is 1.70. The van der Waals surface area contributed by atoms with E-state index in [1.54, 1.807) is 7.11 Å². The smallest absolute Gasteiger partial charge is 0.205 e. The van der Waals surface area contributed by atoms with Gasteiger partial charge in [0.05, 0.1) is 18.1 Å². The topological polar surface area (TPSA) is 49.9 Å². The molecule has 2 aromatic carbocycles. The molecule has 4 heteroatoms. The number of anilines is 2. The van der Waals surface area contributed by atoms with Crippen LogP contribution in [0.15, 0.2) is 36.4 Å². The van der Waals surface area contributed by atoms with Crippen LogP contribution in [0.1, 0.15) is 11.1 Å². The Morgan fingerprint density at radius 1 is 1.10 bits per heavy atom. The number of hydrogen-bond donors (Lipinski definition) is 2. The number of methoxy groups -OCH3 is 1. The Hall–Kier alpha value is -2.49. The fourth-order valence-electron chi connectivity index (χ4n) is 2.49. The van der Waals surface area contributed by atoms with Crippen molar-refractivity contribution in [1.29, 1.82) is 0 Å². The van der Waals surface area contributed by atoms with Crippen LogP contribution in [0.25, 0.3) is 11.0 Å². The van der Waals surface area contributed by atoms with E-state index in [1.807, 2.05) is 38.1 Å². The molecule has 0 aliphatic rings. The van der Waals surface area contributed by atoms with Crippen molar-refractivity contribution in [3.8, 4) is 5.75 Å². The molecule has 0 saturated heterocycles. The van der Waals surface area contributed by atoms with Gasteiger partial charge >= 0.3 is 0 Å². The van der Waals surface area contributed by atoms with E-state index in [0.717, 1.165) is 39.5 Å². The molecular formula is C16H17N3O. The summed E-state index contributed by atoms with van der Waals surface area (Å²) in [5, 5.41) is 3.30. The average molecular weight is 267 g/mol. The first-order chi connectivity index (χ1) is 9.67. The molecule has 0 aliphatic carbocycles. The van der Waals surface area contributed by atoms with Gasteiger partial charge < -0.3 is 15.0 Å². The molecule has 3 aromatic rings. The van der Waals surface area contributed by atoms with Crippen molar-refractivity contribution in [3.63, 3.8) is 0 Å². The van der Waals surface area contributed by atoms with Crippen LogP contribution in [-0.2, 0) is 0 Å². The second kappa shape index (κ2) is 4.89. The van der Waals surface area contributed by atoms with Crippen LogP contribution in [-0.4, -0.2) is 17.1 Å². The van der Waals surface area contributed by atoms with Crippen LogP contribution in [0.4, 0.5) is 11.6 Å². The zero-order valence-electron chi connectivity index (χ0n) is 11.8. The first-order valence-electron chi connectivity index (χ1n) is 6.54. The number of H-pyrrole nitrogens is 1. The Labute approximate surface area is 117 Å². The van der Waals surface area contributed by atoms with Crippen molar-refractivity contribution in [2.45, 2.75) is 13.8 Å². The van der Waals surface area contributed by atoms with Crippen LogP contribution >= 0.6 is 0 Å². The number of fused-ring (bicyclic) bond motifs is 1. The van der Waals surface area contributed by atoms with Crippen molar-refractivity contribution in [3.05, 3.63) is 47.5 Å². The lowest BCUT2D eigenvalue weighted by Gasteiger charge is -2.11. The molecule has 0 aliphatic heterocycles. The first kappa shape index (κ1) is 12.5. The van der Waals surface area contributed by atoms with Gasteiger partial charge in [0.2, 0.25) is 5.95 Å². The van der Waals surface area contributed by atoms with E-state index in [2.05, 4.69) is 27.4 Å². The summed E-state index contributed by atoms with van der Waals surface area (Å²) < 4.78 is 5.38. The van der Waals surface area contributed by atoms with E-state index < -0.39 is 0 Å². The number of ether oxygens (including phenoxy) is 1. The number of aryl methyl sites for hydroxylation is 2. The lowest BCUT2D eigenvalue weighted by atomic mass is 10.1. The molecule has 2 N–H and O–H groups in total. The maximum Gasteiger partial charge on any atom is 0.205 e. The highest BCUT2D eigenvalue weighted by atomic mass is 16.5. The highest BCUT2D eigenvalue weighted by Gasteiger charge is 2.07. The van der Waals surface area contributed by atoms with Gasteiger partial charge in [-0.3, -0.25) is 0 Å². The van der Waals surface area contributed by atoms with Crippen molar-refractivity contribution < 1.29 is 4.74 Å². The summed E-state index contributed by atoms with van der Waals surface area (Å²) in [4.78, 5) is 7.77. The minimum absolute atomic E-state index is 0.746. The number of imidazole rings is 1. The number of aromatic amines is 1. The highest BCUT2D eigenvalue weighted by molar-refractivity contribution is 5.78. The van der Waals surface area contributed by atoms with Gasteiger partial charge in [0.1, 0.15) is 5.75 Å². The Kier molecular flexibility index (Phi) is 3.06. The van der Waals surface area contributed by atoms with E-state index >= 15 is 0 Å². The second-order valence-corrected chi connectivity index (χ2v) is 4.87. The second-order valence-electron chi connectivity index (χ2n) is 4.87. The van der Waals surface area contributed by atoms with Gasteiger partial charge in [-0.15, -0.1) is 0 Å². The maximum absolute atomic E-state index is 5.38. The van der Waals surface area contributed by atoms with E-state index in [0.29, 0.717) is 0 Å². The summed E-state index contributed by atoms with van der Waals surface area (Å²) in [6, 6.07) is 12.1. The lowest BCUT2D eigenvalue weighted by Crippen LogP contribution is -1.96. The Bertz CT molecular complexity index is 705. The minimum atomic E-state index is 0.746. The third-order valence-corrected chi connectivity index (χ3v) is 3.32. The summed E-state index contributed by atoms with van der Waals surface area (Å²) in [6.07, 6.45) is 0. The Morgan fingerprint density at radius 3 is 2.45 bits per heavy atom. The van der Waals surface area contributed by atoms with Crippen LogP contribution in [0.2, 0.25) is 0 Å². The molecule has 0 bridgehead atoms. The van der Waals surface area contributed by atoms with Gasteiger partial charge in [0, 0.05) is 5.69 Å². The molecule has 102 valence electrons. The maximum atomic E-state index is 5.38. The number of rotatable bonds is 3. The van der Waals surface area contributed by atoms with Crippen LogP contribution < -0.4 is 10.1 Å². The summed E-state index contributed by atoms with van der Waals surface area (Å²) in [6.45, 7) is 4.07. The van der Waals surface area contributed by atoms with Crippen molar-refractivity contribution in [1.82, 2.24) is 9.97 Å². The Balaban J connectivity index is 1.94. The first-order valence-corrected chi connectivity index (χ1v) is 6.54. The molecule has 0 atom stereocenters. The molecule has 1 heterocycles. The highest BCUT2D eigenvalue weighted by Crippen LogP contribution is 2.28. The Morgan fingerprint density at radius 2 is 1.80 bits per heavy atom. The number of para-hydroxylation sites is 2. The molecule has 4 nitrogen and oxygen atoms in total. The fourth-order valence-corrected chi connectivity index (χ4v) is 2.49. The van der Waals surface area contributed by atoms with Crippen molar-refractivity contribution in [2.75, 3.05) is 12.4 Å². The largest absolute Gasteiger partial charge is 0.496 e. The molecule has 3 rings (SSSR count). The quantitative estimate of drug-likeness (QED) is 0.756. The lowest BCUT2D eigenvalue weighted by molar-refractivity contribution is 0.408. The van der Waals surface area contributed by atoms with Gasteiger partial charge in [0.15, 0.2) is 0 Å². The molecule has 20 heavy (non-hydrogen) atoms. The molecular weight excluding hydrogens is 250 g/mol. The summed E-state index contributed by atoms with van der Waals surface area (Å²) in [5.41, 5.74) is 5.19. The van der Waals surface area contributed by atoms with Crippen LogP contribution in [0, 0.1) is 13.8 Å². The van der Waals surface area contributed by atoms with Crippen LogP contribution in [0.5, 0.6) is 5.75 Å². The molecule has 0 fully saturated rings.